The molecule has 0 amide bonds. The van der Waals surface area contributed by atoms with Crippen LogP contribution in [0.2, 0.25) is 0 Å². The maximum absolute atomic E-state index is 10.1. The first-order chi connectivity index (χ1) is 15.6. The Balaban J connectivity index is 1.76. The maximum Gasteiger partial charge on any atom is 0.0713 e. The summed E-state index contributed by atoms with van der Waals surface area (Å²) < 4.78 is 5.28. The molecule has 0 saturated carbocycles. The molecule has 1 N–H and O–H groups in total. The summed E-state index contributed by atoms with van der Waals surface area (Å²) in [6, 6.07) is 15.0. The van der Waals surface area contributed by atoms with Gasteiger partial charge in [0.2, 0.25) is 0 Å². The topological polar surface area (TPSA) is 58.5 Å². The van der Waals surface area contributed by atoms with Crippen LogP contribution in [0, 0.1) is 13.8 Å². The second-order valence-electron chi connectivity index (χ2n) is 8.74. The standard InChI is InChI=1S/C27H33N3O2/c1-19-7-5-13-28-26(19)24-9-4-10-25(27-20(2)8-6-14-29-27)30(24)16-22-12-11-21(18-32-3)15-23(22)17-31/h5-8,11-15,24-25,31H,4,9-10,16-18H2,1-3H3. The van der Waals surface area contributed by atoms with Crippen molar-refractivity contribution in [1.82, 2.24) is 14.9 Å². The van der Waals surface area contributed by atoms with Crippen molar-refractivity contribution in [1.29, 1.82) is 0 Å². The van der Waals surface area contributed by atoms with E-state index in [-0.39, 0.29) is 18.7 Å². The van der Waals surface area contributed by atoms with Crippen LogP contribution in [0.15, 0.2) is 54.9 Å². The first-order valence-corrected chi connectivity index (χ1v) is 11.4. The van der Waals surface area contributed by atoms with Crippen molar-refractivity contribution in [3.05, 3.63) is 94.1 Å². The van der Waals surface area contributed by atoms with Gasteiger partial charge in [-0.15, -0.1) is 0 Å². The Morgan fingerprint density at radius 2 is 1.56 bits per heavy atom. The molecule has 1 saturated heterocycles. The minimum absolute atomic E-state index is 0.0152. The SMILES string of the molecule is COCc1ccc(CN2C(c3ncccc3C)CCCC2c2ncccc2C)c(CO)c1. The zero-order valence-electron chi connectivity index (χ0n) is 19.3. The molecule has 0 spiro atoms. The van der Waals surface area contributed by atoms with Crippen LogP contribution in [0.5, 0.6) is 0 Å². The van der Waals surface area contributed by atoms with Gasteiger partial charge in [0, 0.05) is 26.0 Å². The third kappa shape index (κ3) is 4.75. The summed E-state index contributed by atoms with van der Waals surface area (Å²) in [5.74, 6) is 0. The lowest BCUT2D eigenvalue weighted by Crippen LogP contribution is -2.37. The Hall–Kier alpha value is -2.60. The van der Waals surface area contributed by atoms with E-state index in [4.69, 9.17) is 14.7 Å². The first-order valence-electron chi connectivity index (χ1n) is 11.4. The predicted octanol–water partition coefficient (Wildman–Crippen LogP) is 5.20. The average Bonchev–Trinajstić information content (AvgIpc) is 2.81. The van der Waals surface area contributed by atoms with Gasteiger partial charge in [0.15, 0.2) is 0 Å². The Kier molecular flexibility index (Phi) is 7.30. The molecule has 0 aliphatic carbocycles. The van der Waals surface area contributed by atoms with Crippen LogP contribution in [0.25, 0.3) is 0 Å². The number of hydrogen-bond acceptors (Lipinski definition) is 5. The number of hydrogen-bond donors (Lipinski definition) is 1. The second-order valence-corrected chi connectivity index (χ2v) is 8.74. The van der Waals surface area contributed by atoms with Crippen LogP contribution in [0.1, 0.15) is 70.6 Å². The Morgan fingerprint density at radius 3 is 2.09 bits per heavy atom. The fraction of sp³-hybridized carbons (Fsp3) is 0.407. The molecule has 2 unspecified atom stereocenters. The molecule has 1 aliphatic heterocycles. The largest absolute Gasteiger partial charge is 0.392 e. The van der Waals surface area contributed by atoms with Gasteiger partial charge >= 0.3 is 0 Å². The van der Waals surface area contributed by atoms with Crippen molar-refractivity contribution in [2.75, 3.05) is 7.11 Å². The number of benzene rings is 1. The zero-order valence-corrected chi connectivity index (χ0v) is 19.3. The van der Waals surface area contributed by atoms with Crippen LogP contribution in [-0.2, 0) is 24.5 Å². The van der Waals surface area contributed by atoms with Crippen LogP contribution >= 0.6 is 0 Å². The van der Waals surface area contributed by atoms with E-state index in [2.05, 4.69) is 49.1 Å². The summed E-state index contributed by atoms with van der Waals surface area (Å²) in [6.07, 6.45) is 7.06. The van der Waals surface area contributed by atoms with Gasteiger partial charge in [-0.1, -0.05) is 30.3 Å². The van der Waals surface area contributed by atoms with Gasteiger partial charge in [0.05, 0.1) is 36.7 Å². The Morgan fingerprint density at radius 1 is 0.938 bits per heavy atom. The Labute approximate surface area is 191 Å². The zero-order chi connectivity index (χ0) is 22.5. The molecule has 2 aromatic heterocycles. The first kappa shape index (κ1) is 22.6. The predicted molar refractivity (Wildman–Crippen MR) is 126 cm³/mol. The summed E-state index contributed by atoms with van der Waals surface area (Å²) in [5, 5.41) is 10.1. The van der Waals surface area contributed by atoms with Gasteiger partial charge in [-0.2, -0.15) is 0 Å². The minimum atomic E-state index is 0.0152. The van der Waals surface area contributed by atoms with Gasteiger partial charge in [-0.25, -0.2) is 0 Å². The summed E-state index contributed by atoms with van der Waals surface area (Å²) in [6.45, 7) is 5.60. The highest BCUT2D eigenvalue weighted by molar-refractivity contribution is 5.33. The van der Waals surface area contributed by atoms with Gasteiger partial charge in [-0.05, 0) is 73.1 Å². The van der Waals surface area contributed by atoms with E-state index >= 15 is 0 Å². The highest BCUT2D eigenvalue weighted by atomic mass is 16.5. The van der Waals surface area contributed by atoms with E-state index in [1.54, 1.807) is 7.11 Å². The van der Waals surface area contributed by atoms with E-state index in [1.165, 1.54) is 11.1 Å². The van der Waals surface area contributed by atoms with Gasteiger partial charge in [0.25, 0.3) is 0 Å². The number of aliphatic hydroxyl groups is 1. The van der Waals surface area contributed by atoms with E-state index in [9.17, 15) is 5.11 Å². The third-order valence-electron chi connectivity index (χ3n) is 6.59. The summed E-state index contributed by atoms with van der Waals surface area (Å²) >= 11 is 0. The molecule has 3 aromatic rings. The number of aliphatic hydroxyl groups excluding tert-OH is 1. The number of aryl methyl sites for hydroxylation is 2. The van der Waals surface area contributed by atoms with Crippen molar-refractivity contribution in [3.8, 4) is 0 Å². The van der Waals surface area contributed by atoms with Crippen molar-refractivity contribution >= 4 is 0 Å². The third-order valence-corrected chi connectivity index (χ3v) is 6.59. The molecular formula is C27H33N3O2. The average molecular weight is 432 g/mol. The maximum atomic E-state index is 10.1. The van der Waals surface area contributed by atoms with E-state index < -0.39 is 0 Å². The van der Waals surface area contributed by atoms with Gasteiger partial charge in [0.1, 0.15) is 0 Å². The molecule has 1 aromatic carbocycles. The lowest BCUT2D eigenvalue weighted by molar-refractivity contribution is 0.0671. The van der Waals surface area contributed by atoms with Crippen molar-refractivity contribution in [3.63, 3.8) is 0 Å². The molecule has 3 heterocycles. The van der Waals surface area contributed by atoms with Crippen LogP contribution in [0.4, 0.5) is 0 Å². The fourth-order valence-electron chi connectivity index (χ4n) is 4.99. The lowest BCUT2D eigenvalue weighted by atomic mass is 9.88. The van der Waals surface area contributed by atoms with Crippen LogP contribution in [0.3, 0.4) is 0 Å². The number of pyridine rings is 2. The molecular weight excluding hydrogens is 398 g/mol. The van der Waals surface area contributed by atoms with Gasteiger partial charge < -0.3 is 9.84 Å². The summed E-state index contributed by atoms with van der Waals surface area (Å²) in [5.41, 5.74) is 7.91. The number of likely N-dealkylation sites (tertiary alicyclic amines) is 1. The normalized spacial score (nSPS) is 19.2. The Bertz CT molecular complexity index is 999. The highest BCUT2D eigenvalue weighted by Crippen LogP contribution is 2.43. The van der Waals surface area contributed by atoms with Crippen LogP contribution < -0.4 is 0 Å². The molecule has 32 heavy (non-hydrogen) atoms. The lowest BCUT2D eigenvalue weighted by Gasteiger charge is -2.43. The minimum Gasteiger partial charge on any atom is -0.392 e. The van der Waals surface area contributed by atoms with Crippen molar-refractivity contribution < 1.29 is 9.84 Å². The summed E-state index contributed by atoms with van der Waals surface area (Å²) in [7, 11) is 1.69. The molecule has 4 rings (SSSR count). The molecule has 168 valence electrons. The smallest absolute Gasteiger partial charge is 0.0713 e. The van der Waals surface area contributed by atoms with Gasteiger partial charge in [-0.3, -0.25) is 14.9 Å². The molecule has 1 aliphatic rings. The van der Waals surface area contributed by atoms with Crippen LogP contribution in [-0.4, -0.2) is 27.1 Å². The number of methoxy groups -OCH3 is 1. The number of piperidine rings is 1. The molecule has 2 atom stereocenters. The molecule has 1 fully saturated rings. The monoisotopic (exact) mass is 431 g/mol. The number of nitrogens with zero attached hydrogens (tertiary/aromatic N) is 3. The van der Waals surface area contributed by atoms with E-state index in [1.807, 2.05) is 24.5 Å². The highest BCUT2D eigenvalue weighted by Gasteiger charge is 2.35. The quantitative estimate of drug-likeness (QED) is 0.557. The molecule has 0 radical (unpaired) electrons. The number of ether oxygens (including phenoxy) is 1. The van der Waals surface area contributed by atoms with E-state index in [0.29, 0.717) is 6.61 Å². The van der Waals surface area contributed by atoms with Crippen molar-refractivity contribution in [2.24, 2.45) is 0 Å². The molecule has 0 bridgehead atoms. The number of aromatic nitrogens is 2. The summed E-state index contributed by atoms with van der Waals surface area (Å²) in [4.78, 5) is 12.1. The number of rotatable bonds is 7. The molecule has 5 heteroatoms. The fourth-order valence-corrected chi connectivity index (χ4v) is 4.99. The van der Waals surface area contributed by atoms with Crippen molar-refractivity contribution in [2.45, 2.75) is 65.0 Å². The van der Waals surface area contributed by atoms with E-state index in [0.717, 1.165) is 53.9 Å². The second kappa shape index (κ2) is 10.3. The molecule has 5 nitrogen and oxygen atoms in total.